The standard InChI is InChI=1S/C15H16F3N3O/c1-9-8-21(19-14(9)15(16,17)18)20(2)12-7-13(22)11-6-4-3-5-10(11)12/h3-6,8,12-13,22H,7H2,1-2H3. The van der Waals surface area contributed by atoms with Crippen molar-refractivity contribution in [2.45, 2.75) is 31.7 Å². The Balaban J connectivity index is 1.95. The molecule has 3 rings (SSSR count). The molecule has 2 unspecified atom stereocenters. The number of hydrogen-bond acceptors (Lipinski definition) is 3. The molecule has 0 saturated heterocycles. The van der Waals surface area contributed by atoms with Crippen molar-refractivity contribution in [1.29, 1.82) is 0 Å². The van der Waals surface area contributed by atoms with E-state index in [1.165, 1.54) is 17.9 Å². The summed E-state index contributed by atoms with van der Waals surface area (Å²) in [4.78, 5) is 1.21. The number of rotatable bonds is 2. The topological polar surface area (TPSA) is 41.3 Å². The summed E-state index contributed by atoms with van der Waals surface area (Å²) in [5.74, 6) is 0. The Bertz CT molecular complexity index is 696. The van der Waals surface area contributed by atoms with Gasteiger partial charge in [-0.15, -0.1) is 5.10 Å². The first kappa shape index (κ1) is 14.9. The molecule has 0 amide bonds. The molecule has 0 spiro atoms. The molecule has 1 heterocycles. The van der Waals surface area contributed by atoms with Crippen LogP contribution in [0, 0.1) is 6.92 Å². The zero-order valence-corrected chi connectivity index (χ0v) is 12.2. The van der Waals surface area contributed by atoms with Crippen LogP contribution in [0.4, 0.5) is 13.2 Å². The summed E-state index contributed by atoms with van der Waals surface area (Å²) in [6.07, 6.45) is -3.29. The van der Waals surface area contributed by atoms with Crippen molar-refractivity contribution in [2.75, 3.05) is 12.1 Å². The number of aliphatic hydroxyl groups excluding tert-OH is 1. The molecule has 22 heavy (non-hydrogen) atoms. The summed E-state index contributed by atoms with van der Waals surface area (Å²) in [5, 5.41) is 15.4. The second-order valence-electron chi connectivity index (χ2n) is 5.55. The summed E-state index contributed by atoms with van der Waals surface area (Å²) < 4.78 is 38.6. The number of benzene rings is 1. The summed E-state index contributed by atoms with van der Waals surface area (Å²) >= 11 is 0. The van der Waals surface area contributed by atoms with Crippen LogP contribution in [0.15, 0.2) is 30.5 Å². The summed E-state index contributed by atoms with van der Waals surface area (Å²) in [6, 6.07) is 7.20. The predicted molar refractivity (Wildman–Crippen MR) is 74.9 cm³/mol. The fraction of sp³-hybridized carbons (Fsp3) is 0.400. The third-order valence-corrected chi connectivity index (χ3v) is 4.09. The molecule has 1 N–H and O–H groups in total. The van der Waals surface area contributed by atoms with Crippen molar-refractivity contribution in [3.05, 3.63) is 52.8 Å². The third-order valence-electron chi connectivity index (χ3n) is 4.09. The van der Waals surface area contributed by atoms with Crippen LogP contribution in [0.25, 0.3) is 0 Å². The molecular weight excluding hydrogens is 295 g/mol. The van der Waals surface area contributed by atoms with E-state index in [0.29, 0.717) is 6.42 Å². The van der Waals surface area contributed by atoms with Crippen LogP contribution >= 0.6 is 0 Å². The van der Waals surface area contributed by atoms with Crippen molar-refractivity contribution < 1.29 is 18.3 Å². The SMILES string of the molecule is Cc1cn(N(C)C2CC(O)c3ccccc32)nc1C(F)(F)F. The van der Waals surface area contributed by atoms with E-state index in [9.17, 15) is 18.3 Å². The highest BCUT2D eigenvalue weighted by molar-refractivity contribution is 5.38. The second kappa shape index (κ2) is 5.01. The smallest absolute Gasteiger partial charge is 0.388 e. The van der Waals surface area contributed by atoms with Gasteiger partial charge in [-0.1, -0.05) is 24.3 Å². The summed E-state index contributed by atoms with van der Waals surface area (Å²) in [5.41, 5.74) is 0.927. The van der Waals surface area contributed by atoms with Gasteiger partial charge < -0.3 is 5.11 Å². The Labute approximate surface area is 125 Å². The van der Waals surface area contributed by atoms with Gasteiger partial charge in [0.25, 0.3) is 0 Å². The van der Waals surface area contributed by atoms with Gasteiger partial charge in [-0.3, -0.25) is 5.01 Å². The molecule has 7 heteroatoms. The fourth-order valence-corrected chi connectivity index (χ4v) is 2.97. The Morgan fingerprint density at radius 2 is 1.91 bits per heavy atom. The maximum Gasteiger partial charge on any atom is 0.435 e. The van der Waals surface area contributed by atoms with Gasteiger partial charge >= 0.3 is 6.18 Å². The Hall–Kier alpha value is -2.02. The predicted octanol–water partition coefficient (Wildman–Crippen LogP) is 2.96. The molecule has 118 valence electrons. The lowest BCUT2D eigenvalue weighted by Gasteiger charge is -2.27. The molecule has 0 aliphatic heterocycles. The van der Waals surface area contributed by atoms with Gasteiger partial charge in [-0.05, 0) is 18.1 Å². The van der Waals surface area contributed by atoms with Crippen LogP contribution in [-0.2, 0) is 6.18 Å². The number of aliphatic hydroxyl groups is 1. The van der Waals surface area contributed by atoms with Gasteiger partial charge in [0.15, 0.2) is 5.69 Å². The number of fused-ring (bicyclic) bond motifs is 1. The van der Waals surface area contributed by atoms with Gasteiger partial charge in [0, 0.05) is 19.0 Å². The summed E-state index contributed by atoms with van der Waals surface area (Å²) in [6.45, 7) is 1.39. The van der Waals surface area contributed by atoms with Gasteiger partial charge in [0.05, 0.1) is 18.3 Å². The first-order valence-corrected chi connectivity index (χ1v) is 6.92. The minimum absolute atomic E-state index is 0.0752. The maximum atomic E-state index is 12.9. The van der Waals surface area contributed by atoms with E-state index in [1.807, 2.05) is 24.3 Å². The van der Waals surface area contributed by atoms with E-state index in [4.69, 9.17) is 0 Å². The Morgan fingerprint density at radius 1 is 1.27 bits per heavy atom. The summed E-state index contributed by atoms with van der Waals surface area (Å²) in [7, 11) is 1.67. The lowest BCUT2D eigenvalue weighted by Crippen LogP contribution is -2.34. The number of halogens is 3. The van der Waals surface area contributed by atoms with Crippen molar-refractivity contribution in [3.8, 4) is 0 Å². The molecule has 0 radical (unpaired) electrons. The first-order valence-electron chi connectivity index (χ1n) is 6.92. The minimum Gasteiger partial charge on any atom is -0.388 e. The lowest BCUT2D eigenvalue weighted by atomic mass is 10.1. The molecule has 4 nitrogen and oxygen atoms in total. The first-order chi connectivity index (χ1) is 10.3. The Kier molecular flexibility index (Phi) is 3.40. The van der Waals surface area contributed by atoms with Crippen molar-refractivity contribution in [3.63, 3.8) is 0 Å². The van der Waals surface area contributed by atoms with Gasteiger partial charge in [0.1, 0.15) is 0 Å². The molecule has 2 aromatic rings. The zero-order chi connectivity index (χ0) is 16.1. The van der Waals surface area contributed by atoms with Crippen LogP contribution in [-0.4, -0.2) is 22.0 Å². The third kappa shape index (κ3) is 2.35. The average molecular weight is 311 g/mol. The monoisotopic (exact) mass is 311 g/mol. The highest BCUT2D eigenvalue weighted by Gasteiger charge is 2.38. The number of hydrogen-bond donors (Lipinski definition) is 1. The van der Waals surface area contributed by atoms with Crippen molar-refractivity contribution in [1.82, 2.24) is 9.89 Å². The second-order valence-corrected chi connectivity index (χ2v) is 5.55. The van der Waals surface area contributed by atoms with E-state index in [0.717, 1.165) is 11.1 Å². The molecule has 0 saturated carbocycles. The van der Waals surface area contributed by atoms with Crippen LogP contribution in [0.1, 0.15) is 41.0 Å². The maximum absolute atomic E-state index is 12.9. The van der Waals surface area contributed by atoms with Crippen LogP contribution in [0.2, 0.25) is 0 Å². The van der Waals surface area contributed by atoms with E-state index >= 15 is 0 Å². The van der Waals surface area contributed by atoms with Gasteiger partial charge in [0.2, 0.25) is 0 Å². The number of alkyl halides is 3. The number of aromatic nitrogens is 2. The minimum atomic E-state index is -4.47. The molecule has 2 atom stereocenters. The molecule has 1 aliphatic carbocycles. The molecule has 0 bridgehead atoms. The molecule has 1 aliphatic rings. The van der Waals surface area contributed by atoms with Gasteiger partial charge in [-0.25, -0.2) is 0 Å². The molecular formula is C15H16F3N3O. The zero-order valence-electron chi connectivity index (χ0n) is 12.2. The fourth-order valence-electron chi connectivity index (χ4n) is 2.97. The number of aryl methyl sites for hydroxylation is 1. The van der Waals surface area contributed by atoms with E-state index < -0.39 is 18.0 Å². The normalized spacial score (nSPS) is 21.0. The van der Waals surface area contributed by atoms with Crippen LogP contribution < -0.4 is 5.01 Å². The number of nitrogens with zero attached hydrogens (tertiary/aromatic N) is 3. The van der Waals surface area contributed by atoms with E-state index in [1.54, 1.807) is 12.1 Å². The van der Waals surface area contributed by atoms with Crippen molar-refractivity contribution >= 4 is 0 Å². The van der Waals surface area contributed by atoms with Crippen molar-refractivity contribution in [2.24, 2.45) is 0 Å². The molecule has 1 aromatic heterocycles. The average Bonchev–Trinajstić information content (AvgIpc) is 3.00. The molecule has 1 aromatic carbocycles. The highest BCUT2D eigenvalue weighted by Crippen LogP contribution is 2.41. The lowest BCUT2D eigenvalue weighted by molar-refractivity contribution is -0.141. The molecule has 0 fully saturated rings. The highest BCUT2D eigenvalue weighted by atomic mass is 19.4. The van der Waals surface area contributed by atoms with Gasteiger partial charge in [-0.2, -0.15) is 18.0 Å². The van der Waals surface area contributed by atoms with Crippen LogP contribution in [0.5, 0.6) is 0 Å². The van der Waals surface area contributed by atoms with E-state index in [-0.39, 0.29) is 11.6 Å². The van der Waals surface area contributed by atoms with E-state index in [2.05, 4.69) is 5.10 Å². The largest absolute Gasteiger partial charge is 0.435 e. The Morgan fingerprint density at radius 3 is 2.50 bits per heavy atom. The van der Waals surface area contributed by atoms with Crippen LogP contribution in [0.3, 0.4) is 0 Å². The quantitative estimate of drug-likeness (QED) is 0.927.